The van der Waals surface area contributed by atoms with Gasteiger partial charge in [-0.2, -0.15) is 5.26 Å². The smallest absolute Gasteiger partial charge is 0.305 e. The Labute approximate surface area is 98.4 Å². The number of hydrogen-bond donors (Lipinski definition) is 1. The maximum absolute atomic E-state index is 10.6. The van der Waals surface area contributed by atoms with Crippen LogP contribution in [0.25, 0.3) is 0 Å². The number of nitriles is 1. The summed E-state index contributed by atoms with van der Waals surface area (Å²) in [6.07, 6.45) is 3.69. The van der Waals surface area contributed by atoms with Crippen LogP contribution in [0.4, 0.5) is 11.5 Å². The third-order valence-corrected chi connectivity index (χ3v) is 2.97. The molecule has 0 aromatic carbocycles. The first-order valence-electron chi connectivity index (χ1n) is 5.50. The predicted octanol–water partition coefficient (Wildman–Crippen LogP) is 2.07. The van der Waals surface area contributed by atoms with Crippen LogP contribution >= 0.6 is 0 Å². The summed E-state index contributed by atoms with van der Waals surface area (Å²) in [5.41, 5.74) is -0.393. The van der Waals surface area contributed by atoms with E-state index in [1.54, 1.807) is 6.07 Å². The maximum Gasteiger partial charge on any atom is 0.305 e. The Balaban J connectivity index is 2.08. The molecule has 0 aliphatic heterocycles. The molecule has 1 heterocycles. The fraction of sp³-hybridized carbons (Fsp3) is 0.455. The van der Waals surface area contributed by atoms with E-state index in [1.165, 1.54) is 31.4 Å². The molecular formula is C11H12N4O2. The van der Waals surface area contributed by atoms with E-state index in [-0.39, 0.29) is 11.4 Å². The molecule has 1 aromatic heterocycles. The zero-order valence-electron chi connectivity index (χ0n) is 9.22. The number of nitrogens with one attached hydrogen (secondary N) is 1. The number of nitro groups is 1. The monoisotopic (exact) mass is 232 g/mol. The van der Waals surface area contributed by atoms with E-state index in [0.717, 1.165) is 6.54 Å². The lowest BCUT2D eigenvalue weighted by atomic mass is 9.85. The molecule has 0 saturated heterocycles. The standard InChI is InChI=1S/C11H12N4O2/c12-6-9-10(15(16)17)4-5-11(14-9)13-7-8-2-1-3-8/h4-5,8H,1-3,7H2,(H,13,14). The van der Waals surface area contributed by atoms with Crippen molar-refractivity contribution in [1.29, 1.82) is 5.26 Å². The Kier molecular flexibility index (Phi) is 3.19. The van der Waals surface area contributed by atoms with Crippen LogP contribution in [0.5, 0.6) is 0 Å². The first-order chi connectivity index (χ1) is 8.20. The number of hydrogen-bond acceptors (Lipinski definition) is 5. The van der Waals surface area contributed by atoms with Gasteiger partial charge in [-0.1, -0.05) is 6.42 Å². The number of nitrogens with zero attached hydrogens (tertiary/aromatic N) is 3. The van der Waals surface area contributed by atoms with Gasteiger partial charge in [0.1, 0.15) is 11.9 Å². The lowest BCUT2D eigenvalue weighted by Crippen LogP contribution is -2.21. The van der Waals surface area contributed by atoms with Crippen molar-refractivity contribution >= 4 is 11.5 Å². The second-order valence-corrected chi connectivity index (χ2v) is 4.11. The fourth-order valence-electron chi connectivity index (χ4n) is 1.73. The number of rotatable bonds is 4. The first kappa shape index (κ1) is 11.3. The Morgan fingerprint density at radius 2 is 2.35 bits per heavy atom. The van der Waals surface area contributed by atoms with Gasteiger partial charge < -0.3 is 5.32 Å². The van der Waals surface area contributed by atoms with Crippen LogP contribution < -0.4 is 5.32 Å². The van der Waals surface area contributed by atoms with Crippen molar-refractivity contribution < 1.29 is 4.92 Å². The molecule has 1 aliphatic rings. The summed E-state index contributed by atoms with van der Waals surface area (Å²) in [4.78, 5) is 13.9. The van der Waals surface area contributed by atoms with E-state index in [4.69, 9.17) is 5.26 Å². The largest absolute Gasteiger partial charge is 0.370 e. The molecule has 88 valence electrons. The minimum Gasteiger partial charge on any atom is -0.370 e. The quantitative estimate of drug-likeness (QED) is 0.633. The van der Waals surface area contributed by atoms with Crippen LogP contribution in [0.2, 0.25) is 0 Å². The number of anilines is 1. The van der Waals surface area contributed by atoms with Gasteiger partial charge in [-0.25, -0.2) is 4.98 Å². The van der Waals surface area contributed by atoms with Crippen LogP contribution in [-0.2, 0) is 0 Å². The van der Waals surface area contributed by atoms with Crippen LogP contribution in [0.3, 0.4) is 0 Å². The summed E-state index contributed by atoms with van der Waals surface area (Å²) >= 11 is 0. The minimum absolute atomic E-state index is 0.145. The van der Waals surface area contributed by atoms with Crippen molar-refractivity contribution in [1.82, 2.24) is 4.98 Å². The van der Waals surface area contributed by atoms with Gasteiger partial charge in [-0.05, 0) is 24.8 Å². The highest BCUT2D eigenvalue weighted by molar-refractivity contribution is 5.50. The Morgan fingerprint density at radius 1 is 1.59 bits per heavy atom. The molecule has 2 rings (SSSR count). The average molecular weight is 232 g/mol. The van der Waals surface area contributed by atoms with Crippen molar-refractivity contribution in [2.45, 2.75) is 19.3 Å². The number of pyridine rings is 1. The van der Waals surface area contributed by atoms with Gasteiger partial charge in [-0.15, -0.1) is 0 Å². The highest BCUT2D eigenvalue weighted by atomic mass is 16.6. The first-order valence-corrected chi connectivity index (χ1v) is 5.50. The fourth-order valence-corrected chi connectivity index (χ4v) is 1.73. The summed E-state index contributed by atoms with van der Waals surface area (Å²) in [5, 5.41) is 22.5. The molecule has 6 heteroatoms. The molecular weight excluding hydrogens is 220 g/mol. The topological polar surface area (TPSA) is 91.8 Å². The lowest BCUT2D eigenvalue weighted by molar-refractivity contribution is -0.385. The lowest BCUT2D eigenvalue weighted by Gasteiger charge is -2.25. The van der Waals surface area contributed by atoms with Crippen molar-refractivity contribution in [3.05, 3.63) is 27.9 Å². The van der Waals surface area contributed by atoms with E-state index >= 15 is 0 Å². The average Bonchev–Trinajstić information content (AvgIpc) is 2.26. The molecule has 6 nitrogen and oxygen atoms in total. The van der Waals surface area contributed by atoms with Crippen LogP contribution in [0, 0.1) is 27.4 Å². The highest BCUT2D eigenvalue weighted by Crippen LogP contribution is 2.26. The predicted molar refractivity (Wildman–Crippen MR) is 61.4 cm³/mol. The minimum atomic E-state index is -0.596. The van der Waals surface area contributed by atoms with Crippen LogP contribution in [0.15, 0.2) is 12.1 Å². The van der Waals surface area contributed by atoms with Crippen molar-refractivity contribution in [3.63, 3.8) is 0 Å². The van der Waals surface area contributed by atoms with Gasteiger partial charge in [0.25, 0.3) is 0 Å². The zero-order valence-corrected chi connectivity index (χ0v) is 9.22. The second-order valence-electron chi connectivity index (χ2n) is 4.11. The van der Waals surface area contributed by atoms with Crippen molar-refractivity contribution in [2.75, 3.05) is 11.9 Å². The molecule has 0 unspecified atom stereocenters. The summed E-state index contributed by atoms with van der Waals surface area (Å²) < 4.78 is 0. The van der Waals surface area contributed by atoms with E-state index in [0.29, 0.717) is 11.7 Å². The molecule has 1 N–H and O–H groups in total. The molecule has 0 atom stereocenters. The Hall–Kier alpha value is -2.16. The molecule has 0 amide bonds. The maximum atomic E-state index is 10.6. The van der Waals surface area contributed by atoms with Gasteiger partial charge in [0.2, 0.25) is 5.69 Å². The molecule has 1 aliphatic carbocycles. The van der Waals surface area contributed by atoms with E-state index in [1.807, 2.05) is 0 Å². The van der Waals surface area contributed by atoms with Gasteiger partial charge in [0.15, 0.2) is 0 Å². The molecule has 0 bridgehead atoms. The van der Waals surface area contributed by atoms with Gasteiger partial charge >= 0.3 is 5.69 Å². The third kappa shape index (κ3) is 2.50. The van der Waals surface area contributed by atoms with E-state index in [2.05, 4.69) is 10.3 Å². The number of aromatic nitrogens is 1. The molecule has 1 aromatic rings. The van der Waals surface area contributed by atoms with Crippen molar-refractivity contribution in [2.24, 2.45) is 5.92 Å². The van der Waals surface area contributed by atoms with Crippen LogP contribution in [0.1, 0.15) is 25.0 Å². The summed E-state index contributed by atoms with van der Waals surface area (Å²) in [6.45, 7) is 0.815. The molecule has 0 spiro atoms. The molecule has 17 heavy (non-hydrogen) atoms. The van der Waals surface area contributed by atoms with E-state index in [9.17, 15) is 10.1 Å². The third-order valence-electron chi connectivity index (χ3n) is 2.97. The highest BCUT2D eigenvalue weighted by Gasteiger charge is 2.18. The molecule has 1 saturated carbocycles. The summed E-state index contributed by atoms with van der Waals surface area (Å²) in [5.74, 6) is 1.19. The van der Waals surface area contributed by atoms with Gasteiger partial charge in [-0.3, -0.25) is 10.1 Å². The second kappa shape index (κ2) is 4.78. The van der Waals surface area contributed by atoms with E-state index < -0.39 is 4.92 Å². The zero-order chi connectivity index (χ0) is 12.3. The SMILES string of the molecule is N#Cc1nc(NCC2CCC2)ccc1[N+](=O)[O-]. The van der Waals surface area contributed by atoms with Gasteiger partial charge in [0, 0.05) is 12.6 Å². The summed E-state index contributed by atoms with van der Waals surface area (Å²) in [7, 11) is 0. The normalized spacial score (nSPS) is 14.8. The Bertz CT molecular complexity index is 477. The van der Waals surface area contributed by atoms with Crippen molar-refractivity contribution in [3.8, 4) is 6.07 Å². The van der Waals surface area contributed by atoms with Gasteiger partial charge in [0.05, 0.1) is 4.92 Å². The van der Waals surface area contributed by atoms with Crippen LogP contribution in [-0.4, -0.2) is 16.5 Å². The molecule has 1 fully saturated rings. The summed E-state index contributed by atoms with van der Waals surface area (Å²) in [6, 6.07) is 4.59. The molecule has 0 radical (unpaired) electrons. The Morgan fingerprint density at radius 3 is 2.88 bits per heavy atom.